The lowest BCUT2D eigenvalue weighted by Crippen LogP contribution is -2.12. The molecule has 0 heterocycles. The van der Waals surface area contributed by atoms with Gasteiger partial charge in [0.1, 0.15) is 0 Å². The van der Waals surface area contributed by atoms with E-state index in [-0.39, 0.29) is 6.07 Å². The third-order valence-corrected chi connectivity index (χ3v) is 2.05. The van der Waals surface area contributed by atoms with Gasteiger partial charge < -0.3 is 4.74 Å². The molecular weight excluding hydrogens is 150 g/mol. The van der Waals surface area contributed by atoms with E-state index < -0.39 is 0 Å². The summed E-state index contributed by atoms with van der Waals surface area (Å²) in [5.41, 5.74) is 0. The van der Waals surface area contributed by atoms with E-state index in [9.17, 15) is 0 Å². The molecule has 0 saturated heterocycles. The van der Waals surface area contributed by atoms with Crippen LogP contribution in [-0.4, -0.2) is 12.0 Å². The van der Waals surface area contributed by atoms with Crippen molar-refractivity contribution in [1.82, 2.24) is 0 Å². The van der Waals surface area contributed by atoms with Crippen molar-refractivity contribution in [3.63, 3.8) is 0 Å². The molecule has 2 nitrogen and oxygen atoms in total. The van der Waals surface area contributed by atoms with Gasteiger partial charge in [-0.1, -0.05) is 24.4 Å². The van der Waals surface area contributed by atoms with Gasteiger partial charge in [-0.3, -0.25) is 5.41 Å². The summed E-state index contributed by atoms with van der Waals surface area (Å²) >= 11 is 5.31. The Balaban J connectivity index is 2.25. The number of alkyl halides is 1. The summed E-state index contributed by atoms with van der Waals surface area (Å²) in [5.74, 6) is 0.742. The van der Waals surface area contributed by atoms with Crippen LogP contribution in [0.4, 0.5) is 0 Å². The van der Waals surface area contributed by atoms with E-state index in [1.165, 1.54) is 12.8 Å². The highest BCUT2D eigenvalue weighted by molar-refractivity contribution is 6.17. The maximum absolute atomic E-state index is 7.38. The first-order chi connectivity index (χ1) is 4.84. The van der Waals surface area contributed by atoms with Gasteiger partial charge in [-0.25, -0.2) is 0 Å². The second-order valence-electron chi connectivity index (χ2n) is 2.60. The molecule has 0 aliphatic heterocycles. The second kappa shape index (κ2) is 3.81. The molecule has 0 atom stereocenters. The number of halogens is 1. The molecule has 0 spiro atoms. The van der Waals surface area contributed by atoms with Gasteiger partial charge in [0.25, 0.3) is 0 Å². The first kappa shape index (κ1) is 7.86. The maximum Gasteiger partial charge on any atom is 0.185 e. The summed E-state index contributed by atoms with van der Waals surface area (Å²) in [5, 5.41) is 7.38. The van der Waals surface area contributed by atoms with E-state index in [0.717, 1.165) is 12.8 Å². The van der Waals surface area contributed by atoms with Crippen molar-refractivity contribution in [2.24, 2.45) is 5.92 Å². The van der Waals surface area contributed by atoms with Crippen molar-refractivity contribution in [2.45, 2.75) is 25.7 Å². The van der Waals surface area contributed by atoms with Crippen molar-refractivity contribution in [1.29, 1.82) is 5.41 Å². The predicted octanol–water partition coefficient (Wildman–Crippen LogP) is 2.37. The zero-order chi connectivity index (χ0) is 7.40. The number of hydrogen-bond donors (Lipinski definition) is 1. The number of hydrogen-bond acceptors (Lipinski definition) is 2. The van der Waals surface area contributed by atoms with Crippen LogP contribution in [0, 0.1) is 11.3 Å². The van der Waals surface area contributed by atoms with E-state index in [0.29, 0.717) is 11.8 Å². The molecule has 1 saturated carbocycles. The van der Waals surface area contributed by atoms with Crippen molar-refractivity contribution < 1.29 is 4.74 Å². The van der Waals surface area contributed by atoms with Gasteiger partial charge in [0.2, 0.25) is 0 Å². The molecule has 1 aliphatic carbocycles. The van der Waals surface area contributed by atoms with Gasteiger partial charge in [-0.15, -0.1) is 0 Å². The Morgan fingerprint density at radius 3 is 2.60 bits per heavy atom. The highest BCUT2D eigenvalue weighted by Crippen LogP contribution is 2.25. The predicted molar refractivity (Wildman–Crippen MR) is 41.5 cm³/mol. The molecule has 0 aromatic heterocycles. The van der Waals surface area contributed by atoms with Crippen molar-refractivity contribution in [3.8, 4) is 0 Å². The van der Waals surface area contributed by atoms with Crippen molar-refractivity contribution >= 4 is 17.5 Å². The largest absolute Gasteiger partial charge is 0.465 e. The third-order valence-electron chi connectivity index (χ3n) is 1.94. The molecule has 1 aliphatic rings. The Morgan fingerprint density at radius 1 is 1.50 bits per heavy atom. The fourth-order valence-electron chi connectivity index (χ4n) is 1.36. The smallest absolute Gasteiger partial charge is 0.185 e. The lowest BCUT2D eigenvalue weighted by Gasteiger charge is -2.09. The Bertz CT molecular complexity index is 121. The summed E-state index contributed by atoms with van der Waals surface area (Å²) in [4.78, 5) is 0. The van der Waals surface area contributed by atoms with Crippen molar-refractivity contribution in [3.05, 3.63) is 0 Å². The van der Waals surface area contributed by atoms with E-state index in [1.807, 2.05) is 0 Å². The normalized spacial score (nSPS) is 19.3. The van der Waals surface area contributed by atoms with E-state index >= 15 is 0 Å². The lowest BCUT2D eigenvalue weighted by atomic mass is 10.1. The van der Waals surface area contributed by atoms with Crippen LogP contribution < -0.4 is 0 Å². The molecular formula is C7H12ClNO. The van der Waals surface area contributed by atoms with E-state index in [4.69, 9.17) is 21.7 Å². The number of ether oxygens (including phenoxy) is 1. The average Bonchev–Trinajstić information content (AvgIpc) is 2.38. The molecule has 0 aromatic carbocycles. The third kappa shape index (κ3) is 1.87. The van der Waals surface area contributed by atoms with Gasteiger partial charge in [-0.2, -0.15) is 0 Å². The first-order valence-corrected chi connectivity index (χ1v) is 4.15. The van der Waals surface area contributed by atoms with Crippen LogP contribution in [0.15, 0.2) is 0 Å². The summed E-state index contributed by atoms with van der Waals surface area (Å²) < 4.78 is 4.87. The average molecular weight is 162 g/mol. The topological polar surface area (TPSA) is 33.1 Å². The molecule has 1 rings (SSSR count). The molecule has 0 amide bonds. The highest BCUT2D eigenvalue weighted by Gasteiger charge is 2.20. The van der Waals surface area contributed by atoms with Gasteiger partial charge in [-0.05, 0) is 12.8 Å². The zero-order valence-corrected chi connectivity index (χ0v) is 6.66. The van der Waals surface area contributed by atoms with Crippen LogP contribution >= 0.6 is 11.6 Å². The quantitative estimate of drug-likeness (QED) is 0.377. The summed E-state index contributed by atoms with van der Waals surface area (Å²) in [6, 6.07) is 0.120. The minimum absolute atomic E-state index is 0.120. The minimum atomic E-state index is 0.120. The summed E-state index contributed by atoms with van der Waals surface area (Å²) in [6.07, 6.45) is 4.68. The maximum atomic E-state index is 7.38. The molecule has 0 aromatic rings. The molecule has 1 N–H and O–H groups in total. The highest BCUT2D eigenvalue weighted by atomic mass is 35.5. The van der Waals surface area contributed by atoms with Crippen molar-refractivity contribution in [2.75, 3.05) is 6.07 Å². The van der Waals surface area contributed by atoms with Crippen LogP contribution in [0.1, 0.15) is 25.7 Å². The van der Waals surface area contributed by atoms with Crippen LogP contribution in [0.3, 0.4) is 0 Å². The molecule has 58 valence electrons. The lowest BCUT2D eigenvalue weighted by molar-refractivity contribution is 0.338. The van der Waals surface area contributed by atoms with Gasteiger partial charge in [0, 0.05) is 5.92 Å². The van der Waals surface area contributed by atoms with E-state index in [2.05, 4.69) is 0 Å². The molecule has 0 bridgehead atoms. The molecule has 1 fully saturated rings. The Kier molecular flexibility index (Phi) is 3.00. The number of rotatable bonds is 2. The molecule has 0 unspecified atom stereocenters. The first-order valence-electron chi connectivity index (χ1n) is 3.62. The summed E-state index contributed by atoms with van der Waals surface area (Å²) in [7, 11) is 0. The van der Waals surface area contributed by atoms with Gasteiger partial charge in [0.15, 0.2) is 12.0 Å². The zero-order valence-electron chi connectivity index (χ0n) is 5.90. The second-order valence-corrected chi connectivity index (χ2v) is 2.82. The van der Waals surface area contributed by atoms with Crippen LogP contribution in [0.5, 0.6) is 0 Å². The molecule has 0 radical (unpaired) electrons. The van der Waals surface area contributed by atoms with Crippen LogP contribution in [0.2, 0.25) is 0 Å². The SMILES string of the molecule is N=C(OCCl)C1CCCC1. The Morgan fingerprint density at radius 2 is 2.10 bits per heavy atom. The molecule has 10 heavy (non-hydrogen) atoms. The number of nitrogens with one attached hydrogen (secondary N) is 1. The minimum Gasteiger partial charge on any atom is -0.465 e. The fourth-order valence-corrected chi connectivity index (χ4v) is 1.48. The molecule has 3 heteroatoms. The monoisotopic (exact) mass is 161 g/mol. The Labute approximate surface area is 66.0 Å². The van der Waals surface area contributed by atoms with Crippen LogP contribution in [-0.2, 0) is 4.74 Å². The summed E-state index contributed by atoms with van der Waals surface area (Å²) in [6.45, 7) is 0. The van der Waals surface area contributed by atoms with Crippen LogP contribution in [0.25, 0.3) is 0 Å². The standard InChI is InChI=1S/C7H12ClNO/c8-5-10-7(9)6-3-1-2-4-6/h6,9H,1-5H2. The van der Waals surface area contributed by atoms with Gasteiger partial charge in [0.05, 0.1) is 0 Å². The van der Waals surface area contributed by atoms with E-state index in [1.54, 1.807) is 0 Å². The fraction of sp³-hybridized carbons (Fsp3) is 0.857. The Hall–Kier alpha value is -0.240. The van der Waals surface area contributed by atoms with Gasteiger partial charge >= 0.3 is 0 Å².